The molecule has 126 valence electrons. The van der Waals surface area contributed by atoms with E-state index in [9.17, 15) is 9.59 Å². The minimum absolute atomic E-state index is 0.0191. The van der Waals surface area contributed by atoms with Crippen molar-refractivity contribution in [1.29, 1.82) is 0 Å². The Bertz CT molecular complexity index is 976. The number of nitrogens with zero attached hydrogens (tertiary/aromatic N) is 2. The van der Waals surface area contributed by atoms with Crippen LogP contribution < -0.4 is 15.0 Å². The number of carbonyl (C=O) groups is 1. The molecule has 0 atom stereocenters. The highest BCUT2D eigenvalue weighted by molar-refractivity contribution is 7.25. The monoisotopic (exact) mass is 348 g/mol. The Kier molecular flexibility index (Phi) is 4.39. The standard InChI is InChI=1S/C16H16N2O5S/c1-22-10-6-9-12(7-11(10)23-2)24-15-14(9)17-8-18(16(15)21)5-3-4-13(19)20/h6-8H,3-5H2,1-2H3,(H,19,20). The number of hydrogen-bond acceptors (Lipinski definition) is 6. The average molecular weight is 348 g/mol. The molecule has 2 aromatic heterocycles. The smallest absolute Gasteiger partial charge is 0.303 e. The van der Waals surface area contributed by atoms with E-state index in [0.717, 1.165) is 10.1 Å². The van der Waals surface area contributed by atoms with E-state index < -0.39 is 5.97 Å². The minimum Gasteiger partial charge on any atom is -0.493 e. The Balaban J connectivity index is 2.10. The average Bonchev–Trinajstić information content (AvgIpc) is 2.93. The normalized spacial score (nSPS) is 11.1. The van der Waals surface area contributed by atoms with Gasteiger partial charge in [0.2, 0.25) is 0 Å². The van der Waals surface area contributed by atoms with Crippen molar-refractivity contribution in [2.75, 3.05) is 14.2 Å². The van der Waals surface area contributed by atoms with Crippen LogP contribution in [0.5, 0.6) is 11.5 Å². The topological polar surface area (TPSA) is 90.7 Å². The second-order valence-corrected chi connectivity index (χ2v) is 6.28. The van der Waals surface area contributed by atoms with E-state index >= 15 is 0 Å². The largest absolute Gasteiger partial charge is 0.493 e. The summed E-state index contributed by atoms with van der Waals surface area (Å²) in [4.78, 5) is 27.6. The number of carboxylic acids is 1. The fourth-order valence-corrected chi connectivity index (χ4v) is 3.67. The zero-order valence-electron chi connectivity index (χ0n) is 13.2. The number of fused-ring (bicyclic) bond motifs is 3. The molecule has 0 aliphatic rings. The van der Waals surface area contributed by atoms with Crippen LogP contribution in [0.25, 0.3) is 20.3 Å². The number of thiophene rings is 1. The SMILES string of the molecule is COc1cc2sc3c(=O)n(CCCC(=O)O)cnc3c2cc1OC. The molecule has 7 nitrogen and oxygen atoms in total. The van der Waals surface area contributed by atoms with E-state index in [4.69, 9.17) is 14.6 Å². The van der Waals surface area contributed by atoms with Crippen molar-refractivity contribution in [2.45, 2.75) is 19.4 Å². The van der Waals surface area contributed by atoms with Crippen LogP contribution in [0.3, 0.4) is 0 Å². The van der Waals surface area contributed by atoms with Crippen molar-refractivity contribution in [3.8, 4) is 11.5 Å². The van der Waals surface area contributed by atoms with Gasteiger partial charge < -0.3 is 14.6 Å². The first kappa shape index (κ1) is 16.3. The lowest BCUT2D eigenvalue weighted by molar-refractivity contribution is -0.137. The second-order valence-electron chi connectivity index (χ2n) is 5.22. The number of rotatable bonds is 6. The highest BCUT2D eigenvalue weighted by Crippen LogP contribution is 2.38. The summed E-state index contributed by atoms with van der Waals surface area (Å²) in [6, 6.07) is 3.64. The summed E-state index contributed by atoms with van der Waals surface area (Å²) < 4.78 is 13.5. The summed E-state index contributed by atoms with van der Waals surface area (Å²) >= 11 is 1.34. The molecular weight excluding hydrogens is 332 g/mol. The molecule has 2 heterocycles. The molecule has 3 aromatic rings. The number of aryl methyl sites for hydroxylation is 1. The van der Waals surface area contributed by atoms with Gasteiger partial charge in [0.15, 0.2) is 11.5 Å². The van der Waals surface area contributed by atoms with E-state index in [1.807, 2.05) is 12.1 Å². The summed E-state index contributed by atoms with van der Waals surface area (Å²) in [6.45, 7) is 0.328. The van der Waals surface area contributed by atoms with Gasteiger partial charge in [-0.05, 0) is 12.5 Å². The Hall–Kier alpha value is -2.61. The van der Waals surface area contributed by atoms with Crippen molar-refractivity contribution < 1.29 is 19.4 Å². The van der Waals surface area contributed by atoms with Gasteiger partial charge in [-0.3, -0.25) is 14.2 Å². The third-order valence-electron chi connectivity index (χ3n) is 3.74. The first-order valence-electron chi connectivity index (χ1n) is 7.30. The van der Waals surface area contributed by atoms with Gasteiger partial charge >= 0.3 is 5.97 Å². The fourth-order valence-electron chi connectivity index (χ4n) is 2.55. The molecule has 0 aliphatic heterocycles. The lowest BCUT2D eigenvalue weighted by Gasteiger charge is -2.07. The van der Waals surface area contributed by atoms with Crippen LogP contribution in [-0.2, 0) is 11.3 Å². The number of ether oxygens (including phenoxy) is 2. The van der Waals surface area contributed by atoms with Crippen molar-refractivity contribution in [3.05, 3.63) is 28.8 Å². The summed E-state index contributed by atoms with van der Waals surface area (Å²) in [6.07, 6.45) is 1.87. The van der Waals surface area contributed by atoms with Gasteiger partial charge in [0, 0.05) is 29.1 Å². The van der Waals surface area contributed by atoms with E-state index in [-0.39, 0.29) is 12.0 Å². The molecule has 0 spiro atoms. The molecule has 1 N–H and O–H groups in total. The summed E-state index contributed by atoms with van der Waals surface area (Å²) in [5, 5.41) is 9.54. The molecule has 1 aromatic carbocycles. The molecule has 0 fully saturated rings. The second kappa shape index (κ2) is 6.48. The predicted molar refractivity (Wildman–Crippen MR) is 91.4 cm³/mol. The minimum atomic E-state index is -0.877. The quantitative estimate of drug-likeness (QED) is 0.736. The van der Waals surface area contributed by atoms with Gasteiger partial charge in [-0.2, -0.15) is 0 Å². The molecule has 8 heteroatoms. The third-order valence-corrected chi connectivity index (χ3v) is 4.87. The molecule has 0 radical (unpaired) electrons. The first-order valence-corrected chi connectivity index (χ1v) is 8.12. The maximum Gasteiger partial charge on any atom is 0.303 e. The Morgan fingerprint density at radius 2 is 2.00 bits per heavy atom. The molecule has 0 saturated heterocycles. The van der Waals surface area contributed by atoms with Crippen molar-refractivity contribution >= 4 is 37.6 Å². The zero-order chi connectivity index (χ0) is 17.3. The van der Waals surface area contributed by atoms with Gasteiger partial charge in [-0.15, -0.1) is 11.3 Å². The van der Waals surface area contributed by atoms with Gasteiger partial charge in [0.1, 0.15) is 4.70 Å². The highest BCUT2D eigenvalue weighted by Gasteiger charge is 2.15. The molecule has 0 aliphatic carbocycles. The van der Waals surface area contributed by atoms with Crippen LogP contribution in [0.15, 0.2) is 23.3 Å². The van der Waals surface area contributed by atoms with Crippen LogP contribution in [-0.4, -0.2) is 34.8 Å². The predicted octanol–water partition coefficient (Wildman–Crippen LogP) is 2.49. The van der Waals surface area contributed by atoms with E-state index in [0.29, 0.717) is 34.7 Å². The third kappa shape index (κ3) is 2.80. The summed E-state index contributed by atoms with van der Waals surface area (Å²) in [7, 11) is 3.12. The van der Waals surface area contributed by atoms with E-state index in [1.54, 1.807) is 14.2 Å². The van der Waals surface area contributed by atoms with Crippen molar-refractivity contribution in [1.82, 2.24) is 9.55 Å². The molecule has 0 amide bonds. The number of hydrogen-bond donors (Lipinski definition) is 1. The number of carboxylic acid groups (broad SMARTS) is 1. The van der Waals surface area contributed by atoms with Crippen molar-refractivity contribution in [2.24, 2.45) is 0 Å². The zero-order valence-corrected chi connectivity index (χ0v) is 14.1. The first-order chi connectivity index (χ1) is 11.5. The molecule has 0 bridgehead atoms. The molecular formula is C16H16N2O5S. The van der Waals surface area contributed by atoms with Crippen molar-refractivity contribution in [3.63, 3.8) is 0 Å². The number of benzene rings is 1. The molecule has 0 saturated carbocycles. The molecule has 0 unspecified atom stereocenters. The maximum atomic E-state index is 12.6. The Morgan fingerprint density at radius 3 is 2.67 bits per heavy atom. The molecule has 24 heavy (non-hydrogen) atoms. The van der Waals surface area contributed by atoms with Gasteiger partial charge in [-0.25, -0.2) is 4.98 Å². The van der Waals surface area contributed by atoms with E-state index in [1.165, 1.54) is 22.2 Å². The van der Waals surface area contributed by atoms with Gasteiger partial charge in [0.05, 0.1) is 26.1 Å². The lowest BCUT2D eigenvalue weighted by atomic mass is 10.2. The van der Waals surface area contributed by atoms with Crippen LogP contribution in [0.4, 0.5) is 0 Å². The Morgan fingerprint density at radius 1 is 1.29 bits per heavy atom. The number of aliphatic carboxylic acids is 1. The fraction of sp³-hybridized carbons (Fsp3) is 0.312. The summed E-state index contributed by atoms with van der Waals surface area (Å²) in [5.74, 6) is 0.300. The van der Waals surface area contributed by atoms with E-state index in [2.05, 4.69) is 4.98 Å². The Labute approximate surface area is 141 Å². The lowest BCUT2D eigenvalue weighted by Crippen LogP contribution is -2.20. The number of methoxy groups -OCH3 is 2. The maximum absolute atomic E-state index is 12.6. The van der Waals surface area contributed by atoms with Crippen LogP contribution in [0, 0.1) is 0 Å². The van der Waals surface area contributed by atoms with Gasteiger partial charge in [-0.1, -0.05) is 0 Å². The van der Waals surface area contributed by atoms with Crippen LogP contribution >= 0.6 is 11.3 Å². The van der Waals surface area contributed by atoms with Gasteiger partial charge in [0.25, 0.3) is 5.56 Å². The van der Waals surface area contributed by atoms with Crippen LogP contribution in [0.1, 0.15) is 12.8 Å². The van der Waals surface area contributed by atoms with Crippen LogP contribution in [0.2, 0.25) is 0 Å². The summed E-state index contributed by atoms with van der Waals surface area (Å²) in [5.41, 5.74) is 0.458. The number of aromatic nitrogens is 2. The molecule has 3 rings (SSSR count). The highest BCUT2D eigenvalue weighted by atomic mass is 32.1.